The first kappa shape index (κ1) is 17.1. The largest absolute Gasteiger partial charge is 0.508 e. The van der Waals surface area contributed by atoms with Crippen molar-refractivity contribution in [2.24, 2.45) is 0 Å². The van der Waals surface area contributed by atoms with E-state index in [1.807, 2.05) is 0 Å². The highest BCUT2D eigenvalue weighted by atomic mass is 35.5. The normalized spacial score (nSPS) is 10.6. The number of benzene rings is 1. The van der Waals surface area contributed by atoms with Gasteiger partial charge in [0.25, 0.3) is 0 Å². The van der Waals surface area contributed by atoms with E-state index >= 15 is 0 Å². The highest BCUT2D eigenvalue weighted by Gasteiger charge is 2.17. The molecule has 0 saturated carbocycles. The van der Waals surface area contributed by atoms with Gasteiger partial charge in [0.2, 0.25) is 0 Å². The highest BCUT2D eigenvalue weighted by molar-refractivity contribution is 7.22. The number of urea groups is 1. The average molecular weight is 377 g/mol. The van der Waals surface area contributed by atoms with Crippen LogP contribution in [-0.2, 0) is 0 Å². The molecule has 0 atom stereocenters. The molecule has 2 amide bonds. The van der Waals surface area contributed by atoms with Crippen LogP contribution in [-0.4, -0.2) is 18.2 Å². The molecule has 0 unspecified atom stereocenters. The zero-order valence-corrected chi connectivity index (χ0v) is 14.6. The number of thiophene rings is 1. The van der Waals surface area contributed by atoms with Gasteiger partial charge >= 0.3 is 11.7 Å². The molecule has 0 spiro atoms. The molecular formula is C17H13ClN2O4S. The summed E-state index contributed by atoms with van der Waals surface area (Å²) >= 11 is 7.14. The van der Waals surface area contributed by atoms with Crippen LogP contribution in [0.1, 0.15) is 5.56 Å². The van der Waals surface area contributed by atoms with Gasteiger partial charge in [-0.15, -0.1) is 11.3 Å². The number of hydrogen-bond acceptors (Lipinski definition) is 5. The van der Waals surface area contributed by atoms with Crippen molar-refractivity contribution in [3.63, 3.8) is 0 Å². The number of aliphatic hydroxyl groups is 1. The SMILES string of the molecule is C=C(O)c1cc2sc(N(C)C(=O)Nc3cccc(Cl)c3)cc2oc1=O. The van der Waals surface area contributed by atoms with Gasteiger partial charge in [0.05, 0.1) is 4.70 Å². The van der Waals surface area contributed by atoms with E-state index in [4.69, 9.17) is 16.0 Å². The van der Waals surface area contributed by atoms with E-state index in [-0.39, 0.29) is 17.4 Å². The highest BCUT2D eigenvalue weighted by Crippen LogP contribution is 2.32. The van der Waals surface area contributed by atoms with Gasteiger partial charge in [-0.3, -0.25) is 4.90 Å². The first-order valence-corrected chi connectivity index (χ1v) is 8.31. The number of nitrogens with zero attached hydrogens (tertiary/aromatic N) is 1. The van der Waals surface area contributed by atoms with Gasteiger partial charge in [0.15, 0.2) is 5.58 Å². The molecule has 0 aliphatic heterocycles. The standard InChI is InChI=1S/C17H13ClN2O4S/c1-9(21)12-7-14-13(24-16(12)22)8-15(25-14)20(2)17(23)19-11-5-3-4-10(18)6-11/h3-8,21H,1H2,2H3,(H,19,23). The lowest BCUT2D eigenvalue weighted by atomic mass is 10.2. The molecule has 2 heterocycles. The van der Waals surface area contributed by atoms with Gasteiger partial charge in [-0.25, -0.2) is 9.59 Å². The number of anilines is 2. The molecule has 8 heteroatoms. The van der Waals surface area contributed by atoms with E-state index in [9.17, 15) is 14.7 Å². The summed E-state index contributed by atoms with van der Waals surface area (Å²) in [6, 6.07) is 9.50. The third-order valence-electron chi connectivity index (χ3n) is 3.43. The maximum atomic E-state index is 12.4. The zero-order valence-electron chi connectivity index (χ0n) is 13.1. The quantitative estimate of drug-likeness (QED) is 0.649. The van der Waals surface area contributed by atoms with Gasteiger partial charge in [0.1, 0.15) is 16.3 Å². The number of carbonyl (C=O) groups is 1. The van der Waals surface area contributed by atoms with Crippen LogP contribution in [0, 0.1) is 0 Å². The number of carbonyl (C=O) groups excluding carboxylic acids is 1. The Kier molecular flexibility index (Phi) is 4.52. The van der Waals surface area contributed by atoms with Crippen LogP contribution in [0.15, 0.2) is 52.2 Å². The minimum atomic E-state index is -0.685. The molecule has 0 radical (unpaired) electrons. The van der Waals surface area contributed by atoms with Crippen LogP contribution in [0.4, 0.5) is 15.5 Å². The second-order valence-corrected chi connectivity index (χ2v) is 6.71. The Morgan fingerprint density at radius 3 is 2.80 bits per heavy atom. The van der Waals surface area contributed by atoms with E-state index < -0.39 is 5.63 Å². The van der Waals surface area contributed by atoms with E-state index in [0.717, 1.165) is 0 Å². The molecule has 6 nitrogen and oxygen atoms in total. The average Bonchev–Trinajstić information content (AvgIpc) is 2.95. The summed E-state index contributed by atoms with van der Waals surface area (Å²) < 4.78 is 5.77. The summed E-state index contributed by atoms with van der Waals surface area (Å²) in [6.45, 7) is 3.33. The van der Waals surface area contributed by atoms with Crippen LogP contribution >= 0.6 is 22.9 Å². The fourth-order valence-corrected chi connectivity index (χ4v) is 3.32. The van der Waals surface area contributed by atoms with Gasteiger partial charge in [-0.2, -0.15) is 0 Å². The molecule has 0 aliphatic rings. The topological polar surface area (TPSA) is 82.8 Å². The van der Waals surface area contributed by atoms with Gasteiger partial charge in [-0.05, 0) is 24.3 Å². The number of fused-ring (bicyclic) bond motifs is 1. The predicted octanol–water partition coefficient (Wildman–Crippen LogP) is 4.70. The van der Waals surface area contributed by atoms with Crippen molar-refractivity contribution in [2.45, 2.75) is 0 Å². The first-order chi connectivity index (χ1) is 11.8. The number of rotatable bonds is 3. The van der Waals surface area contributed by atoms with Gasteiger partial charge in [-0.1, -0.05) is 24.2 Å². The molecule has 3 rings (SSSR count). The molecule has 0 aliphatic carbocycles. The Hall–Kier alpha value is -2.77. The van der Waals surface area contributed by atoms with Gasteiger partial charge < -0.3 is 14.8 Å². The van der Waals surface area contributed by atoms with E-state index in [0.29, 0.717) is 26.0 Å². The summed E-state index contributed by atoms with van der Waals surface area (Å²) in [5.74, 6) is -0.363. The van der Waals surface area contributed by atoms with Crippen molar-refractivity contribution in [1.29, 1.82) is 0 Å². The minimum absolute atomic E-state index is 0.00747. The Morgan fingerprint density at radius 1 is 1.36 bits per heavy atom. The summed E-state index contributed by atoms with van der Waals surface area (Å²) in [6.07, 6.45) is 0. The Labute approximate surface area is 151 Å². The van der Waals surface area contributed by atoms with Crippen molar-refractivity contribution in [2.75, 3.05) is 17.3 Å². The zero-order chi connectivity index (χ0) is 18.1. The van der Waals surface area contributed by atoms with Crippen molar-refractivity contribution in [3.05, 3.63) is 64.0 Å². The van der Waals surface area contributed by atoms with Crippen LogP contribution in [0.3, 0.4) is 0 Å². The van der Waals surface area contributed by atoms with E-state index in [1.165, 1.54) is 22.3 Å². The third kappa shape index (κ3) is 3.52. The number of hydrogen-bond donors (Lipinski definition) is 2. The Morgan fingerprint density at radius 2 is 2.12 bits per heavy atom. The number of amides is 2. The molecule has 0 saturated heterocycles. The second-order valence-electron chi connectivity index (χ2n) is 5.21. The fraction of sp³-hybridized carbons (Fsp3) is 0.0588. The lowest BCUT2D eigenvalue weighted by molar-refractivity contribution is 0.258. The summed E-state index contributed by atoms with van der Waals surface area (Å²) in [4.78, 5) is 25.5. The van der Waals surface area contributed by atoms with Crippen molar-refractivity contribution < 1.29 is 14.3 Å². The predicted molar refractivity (Wildman–Crippen MR) is 101 cm³/mol. The first-order valence-electron chi connectivity index (χ1n) is 7.11. The van der Waals surface area contributed by atoms with E-state index in [2.05, 4.69) is 11.9 Å². The molecule has 0 bridgehead atoms. The van der Waals surface area contributed by atoms with Gasteiger partial charge in [0, 0.05) is 23.8 Å². The molecule has 2 N–H and O–H groups in total. The second kappa shape index (κ2) is 6.62. The van der Waals surface area contributed by atoms with Crippen LogP contribution < -0.4 is 15.8 Å². The van der Waals surface area contributed by atoms with Crippen molar-refractivity contribution >= 4 is 55.7 Å². The monoisotopic (exact) mass is 376 g/mol. The summed E-state index contributed by atoms with van der Waals surface area (Å²) in [5.41, 5.74) is 0.204. The maximum Gasteiger partial charge on any atom is 0.347 e. The molecule has 3 aromatic rings. The molecule has 1 aromatic carbocycles. The van der Waals surface area contributed by atoms with Crippen molar-refractivity contribution in [1.82, 2.24) is 0 Å². The third-order valence-corrected chi connectivity index (χ3v) is 4.81. The van der Waals surface area contributed by atoms with Crippen molar-refractivity contribution in [3.8, 4) is 0 Å². The minimum Gasteiger partial charge on any atom is -0.508 e. The molecule has 0 fully saturated rings. The fourth-order valence-electron chi connectivity index (χ4n) is 2.14. The van der Waals surface area contributed by atoms with Crippen LogP contribution in [0.25, 0.3) is 16.0 Å². The molecule has 2 aromatic heterocycles. The number of aliphatic hydroxyl groups excluding tert-OH is 1. The lowest BCUT2D eigenvalue weighted by Crippen LogP contribution is -2.30. The Balaban J connectivity index is 1.88. The van der Waals surface area contributed by atoms with E-state index in [1.54, 1.807) is 37.4 Å². The molecule has 25 heavy (non-hydrogen) atoms. The Bertz CT molecular complexity index is 1040. The summed E-state index contributed by atoms with van der Waals surface area (Å²) in [7, 11) is 1.59. The van der Waals surface area contributed by atoms with Crippen LogP contribution in [0.5, 0.6) is 0 Å². The maximum absolute atomic E-state index is 12.4. The smallest absolute Gasteiger partial charge is 0.347 e. The molecule has 128 valence electrons. The lowest BCUT2D eigenvalue weighted by Gasteiger charge is -2.15. The molecular weight excluding hydrogens is 364 g/mol. The summed E-state index contributed by atoms with van der Waals surface area (Å²) in [5, 5.41) is 13.2. The number of halogens is 1. The number of nitrogens with one attached hydrogen (secondary N) is 1. The van der Waals surface area contributed by atoms with Crippen LogP contribution in [0.2, 0.25) is 5.02 Å².